The summed E-state index contributed by atoms with van der Waals surface area (Å²) in [5.74, 6) is 0. The predicted octanol–water partition coefficient (Wildman–Crippen LogP) is 1.77. The topological polar surface area (TPSA) is 36.2 Å². The van der Waals surface area contributed by atoms with Crippen LogP contribution in [-0.4, -0.2) is 22.3 Å². The van der Waals surface area contributed by atoms with Crippen molar-refractivity contribution in [2.45, 2.75) is 19.9 Å². The van der Waals surface area contributed by atoms with Crippen LogP contribution in [0.4, 0.5) is 0 Å². The van der Waals surface area contributed by atoms with E-state index in [0.29, 0.717) is 13.2 Å². The maximum atomic E-state index is 12.0. The van der Waals surface area contributed by atoms with Crippen LogP contribution < -0.4 is 5.69 Å². The molecule has 4 nitrogen and oxygen atoms in total. The first kappa shape index (κ1) is 11.9. The molecule has 0 amide bonds. The first-order chi connectivity index (χ1) is 8.25. The van der Waals surface area contributed by atoms with Crippen molar-refractivity contribution in [1.82, 2.24) is 9.13 Å². The normalized spacial score (nSPS) is 11.2. The quantitative estimate of drug-likeness (QED) is 0.739. The van der Waals surface area contributed by atoms with Crippen LogP contribution in [0.2, 0.25) is 0 Å². The Hall–Kier alpha value is -1.55. The minimum Gasteiger partial charge on any atom is -0.382 e. The number of hydrogen-bond acceptors (Lipinski definition) is 2. The van der Waals surface area contributed by atoms with Gasteiger partial charge in [-0.05, 0) is 25.5 Å². The molecule has 0 saturated heterocycles. The molecule has 0 N–H and O–H groups in total. The van der Waals surface area contributed by atoms with Crippen LogP contribution in [0.5, 0.6) is 0 Å². The average Bonchev–Trinajstić information content (AvgIpc) is 2.60. The first-order valence-corrected chi connectivity index (χ1v) is 5.97. The number of benzene rings is 1. The van der Waals surface area contributed by atoms with Crippen molar-refractivity contribution < 1.29 is 4.74 Å². The zero-order valence-electron chi connectivity index (χ0n) is 10.3. The second kappa shape index (κ2) is 5.19. The number of para-hydroxylation sites is 2. The monoisotopic (exact) mass is 234 g/mol. The summed E-state index contributed by atoms with van der Waals surface area (Å²) in [4.78, 5) is 12.0. The van der Waals surface area contributed by atoms with Gasteiger partial charge in [0.05, 0.1) is 11.0 Å². The molecule has 4 heteroatoms. The van der Waals surface area contributed by atoms with Crippen LogP contribution >= 0.6 is 0 Å². The molecule has 2 rings (SSSR count). The van der Waals surface area contributed by atoms with Crippen molar-refractivity contribution in [2.24, 2.45) is 7.05 Å². The fourth-order valence-corrected chi connectivity index (χ4v) is 2.05. The van der Waals surface area contributed by atoms with Gasteiger partial charge in [-0.15, -0.1) is 0 Å². The van der Waals surface area contributed by atoms with Gasteiger partial charge < -0.3 is 4.74 Å². The Morgan fingerprint density at radius 3 is 2.65 bits per heavy atom. The van der Waals surface area contributed by atoms with Gasteiger partial charge in [-0.25, -0.2) is 4.79 Å². The van der Waals surface area contributed by atoms with E-state index in [1.165, 1.54) is 0 Å². The summed E-state index contributed by atoms with van der Waals surface area (Å²) in [7, 11) is 1.81. The lowest BCUT2D eigenvalue weighted by Crippen LogP contribution is -2.22. The highest BCUT2D eigenvalue weighted by molar-refractivity contribution is 5.75. The molecule has 0 atom stereocenters. The second-order valence-corrected chi connectivity index (χ2v) is 4.03. The molecule has 0 aliphatic rings. The molecule has 0 fully saturated rings. The molecule has 1 aromatic carbocycles. The van der Waals surface area contributed by atoms with E-state index < -0.39 is 0 Å². The number of aromatic nitrogens is 2. The van der Waals surface area contributed by atoms with Crippen molar-refractivity contribution in [1.29, 1.82) is 0 Å². The minimum absolute atomic E-state index is 0.0442. The van der Waals surface area contributed by atoms with Crippen molar-refractivity contribution >= 4 is 11.0 Å². The summed E-state index contributed by atoms with van der Waals surface area (Å²) in [5.41, 5.74) is 2.02. The van der Waals surface area contributed by atoms with Crippen LogP contribution in [0.1, 0.15) is 13.3 Å². The number of aryl methyl sites for hydroxylation is 2. The largest absolute Gasteiger partial charge is 0.382 e. The van der Waals surface area contributed by atoms with Gasteiger partial charge in [0.1, 0.15) is 0 Å². The molecule has 1 heterocycles. The maximum Gasteiger partial charge on any atom is 0.328 e. The van der Waals surface area contributed by atoms with Crippen molar-refractivity contribution in [3.05, 3.63) is 34.7 Å². The number of nitrogens with zero attached hydrogens (tertiary/aromatic N) is 2. The summed E-state index contributed by atoms with van der Waals surface area (Å²) in [6.07, 6.45) is 0.863. The number of imidazole rings is 1. The summed E-state index contributed by atoms with van der Waals surface area (Å²) >= 11 is 0. The Morgan fingerprint density at radius 1 is 1.24 bits per heavy atom. The van der Waals surface area contributed by atoms with Gasteiger partial charge in [0.25, 0.3) is 0 Å². The van der Waals surface area contributed by atoms with E-state index >= 15 is 0 Å². The molecular formula is C13H18N2O2. The van der Waals surface area contributed by atoms with Gasteiger partial charge in [0, 0.05) is 26.8 Å². The third kappa shape index (κ3) is 2.26. The summed E-state index contributed by atoms with van der Waals surface area (Å²) in [6, 6.07) is 7.86. The Kier molecular flexibility index (Phi) is 3.64. The van der Waals surface area contributed by atoms with E-state index in [9.17, 15) is 4.79 Å². The maximum absolute atomic E-state index is 12.0. The zero-order valence-corrected chi connectivity index (χ0v) is 10.3. The highest BCUT2D eigenvalue weighted by atomic mass is 16.5. The molecule has 92 valence electrons. The third-order valence-corrected chi connectivity index (χ3v) is 2.93. The van der Waals surface area contributed by atoms with E-state index in [0.717, 1.165) is 24.1 Å². The van der Waals surface area contributed by atoms with E-state index in [-0.39, 0.29) is 5.69 Å². The van der Waals surface area contributed by atoms with E-state index in [1.54, 1.807) is 4.57 Å². The Bertz CT molecular complexity index is 554. The lowest BCUT2D eigenvalue weighted by atomic mass is 10.3. The van der Waals surface area contributed by atoms with Gasteiger partial charge >= 0.3 is 5.69 Å². The Labute approximate surface area is 100 Å². The molecule has 0 spiro atoms. The number of fused-ring (bicyclic) bond motifs is 1. The molecule has 1 aromatic heterocycles. The Balaban J connectivity index is 2.27. The molecule has 0 radical (unpaired) electrons. The van der Waals surface area contributed by atoms with Gasteiger partial charge in [-0.1, -0.05) is 12.1 Å². The van der Waals surface area contributed by atoms with Crippen LogP contribution in [0.3, 0.4) is 0 Å². The van der Waals surface area contributed by atoms with Gasteiger partial charge in [0.15, 0.2) is 0 Å². The molecule has 0 saturated carbocycles. The van der Waals surface area contributed by atoms with Crippen LogP contribution in [-0.2, 0) is 18.3 Å². The first-order valence-electron chi connectivity index (χ1n) is 5.97. The van der Waals surface area contributed by atoms with Crippen LogP contribution in [0, 0.1) is 0 Å². The van der Waals surface area contributed by atoms with Crippen LogP contribution in [0.25, 0.3) is 11.0 Å². The van der Waals surface area contributed by atoms with Crippen LogP contribution in [0.15, 0.2) is 29.1 Å². The fourth-order valence-electron chi connectivity index (χ4n) is 2.05. The average molecular weight is 234 g/mol. The molecular weight excluding hydrogens is 216 g/mol. The molecule has 0 bridgehead atoms. The smallest absolute Gasteiger partial charge is 0.328 e. The number of rotatable bonds is 5. The third-order valence-electron chi connectivity index (χ3n) is 2.93. The van der Waals surface area contributed by atoms with Gasteiger partial charge in [0.2, 0.25) is 0 Å². The lowest BCUT2D eigenvalue weighted by molar-refractivity contribution is 0.141. The summed E-state index contributed by atoms with van der Waals surface area (Å²) in [5, 5.41) is 0. The predicted molar refractivity (Wildman–Crippen MR) is 68.3 cm³/mol. The fraction of sp³-hybridized carbons (Fsp3) is 0.462. The minimum atomic E-state index is 0.0442. The highest BCUT2D eigenvalue weighted by Gasteiger charge is 2.08. The number of ether oxygens (including phenoxy) is 1. The molecule has 2 aromatic rings. The Morgan fingerprint density at radius 2 is 1.94 bits per heavy atom. The number of hydrogen-bond donors (Lipinski definition) is 0. The van der Waals surface area contributed by atoms with E-state index in [2.05, 4.69) is 0 Å². The zero-order chi connectivity index (χ0) is 12.3. The van der Waals surface area contributed by atoms with Crippen molar-refractivity contribution in [3.8, 4) is 0 Å². The molecule has 0 unspecified atom stereocenters. The summed E-state index contributed by atoms with van der Waals surface area (Å²) < 4.78 is 8.80. The van der Waals surface area contributed by atoms with Crippen molar-refractivity contribution in [3.63, 3.8) is 0 Å². The highest BCUT2D eigenvalue weighted by Crippen LogP contribution is 2.11. The SMILES string of the molecule is CCOCCCn1c(=O)n(C)c2ccccc21. The summed E-state index contributed by atoms with van der Waals surface area (Å²) in [6.45, 7) is 4.11. The molecule has 17 heavy (non-hydrogen) atoms. The van der Waals surface area contributed by atoms with E-state index in [1.807, 2.05) is 42.8 Å². The van der Waals surface area contributed by atoms with Crippen molar-refractivity contribution in [2.75, 3.05) is 13.2 Å². The second-order valence-electron chi connectivity index (χ2n) is 4.03. The van der Waals surface area contributed by atoms with Gasteiger partial charge in [-0.3, -0.25) is 9.13 Å². The van der Waals surface area contributed by atoms with Gasteiger partial charge in [-0.2, -0.15) is 0 Å². The molecule has 0 aliphatic heterocycles. The van der Waals surface area contributed by atoms with E-state index in [4.69, 9.17) is 4.74 Å². The lowest BCUT2D eigenvalue weighted by Gasteiger charge is -2.03. The molecule has 0 aliphatic carbocycles. The standard InChI is InChI=1S/C13H18N2O2/c1-3-17-10-6-9-15-12-8-5-4-7-11(12)14(2)13(15)16/h4-5,7-8H,3,6,9-10H2,1-2H3.